The predicted octanol–water partition coefficient (Wildman–Crippen LogP) is 4.76. The molecule has 0 radical (unpaired) electrons. The molecule has 0 atom stereocenters. The number of piperazine rings is 1. The molecule has 0 spiro atoms. The highest BCUT2D eigenvalue weighted by Crippen LogP contribution is 2.38. The summed E-state index contributed by atoms with van der Waals surface area (Å²) in [5, 5.41) is 12.5. The van der Waals surface area contributed by atoms with Gasteiger partial charge in [0.25, 0.3) is 5.91 Å². The molecule has 42 heavy (non-hydrogen) atoms. The highest BCUT2D eigenvalue weighted by atomic mass is 19.1. The lowest BCUT2D eigenvalue weighted by molar-refractivity contribution is 0.0694. The monoisotopic (exact) mass is 570 g/mol. The number of rotatable bonds is 8. The third-order valence-electron chi connectivity index (χ3n) is 7.95. The zero-order valence-corrected chi connectivity index (χ0v) is 23.2. The van der Waals surface area contributed by atoms with E-state index in [2.05, 4.69) is 10.2 Å². The van der Waals surface area contributed by atoms with E-state index in [0.717, 1.165) is 24.2 Å². The van der Waals surface area contributed by atoms with Crippen molar-refractivity contribution >= 4 is 34.2 Å². The molecule has 1 aliphatic heterocycles. The van der Waals surface area contributed by atoms with Crippen molar-refractivity contribution in [1.82, 2.24) is 9.47 Å². The fraction of sp³-hybridized carbons (Fsp3) is 0.281. The number of aromatic nitrogens is 1. The SMILES string of the molecule is COc1ccc(NC(=O)c2ccc(CN3CCN(c4cc5c(cc4F)c(=O)c(C(=O)O)cn5C4CC4)CC3)cc2)cc1. The van der Waals surface area contributed by atoms with Gasteiger partial charge in [-0.15, -0.1) is 0 Å². The van der Waals surface area contributed by atoms with Crippen LogP contribution in [0.25, 0.3) is 10.9 Å². The van der Waals surface area contributed by atoms with Crippen LogP contribution in [0.15, 0.2) is 71.7 Å². The Balaban J connectivity index is 1.10. The van der Waals surface area contributed by atoms with E-state index >= 15 is 4.39 Å². The van der Waals surface area contributed by atoms with Crippen LogP contribution in [0.4, 0.5) is 15.8 Å². The molecule has 0 unspecified atom stereocenters. The fourth-order valence-electron chi connectivity index (χ4n) is 5.45. The van der Waals surface area contributed by atoms with Crippen LogP contribution in [0, 0.1) is 5.82 Å². The van der Waals surface area contributed by atoms with Crippen LogP contribution in [0.1, 0.15) is 45.2 Å². The number of halogens is 1. The molecule has 1 saturated heterocycles. The van der Waals surface area contributed by atoms with Crippen molar-refractivity contribution in [3.8, 4) is 5.75 Å². The maximum atomic E-state index is 15.3. The predicted molar refractivity (Wildman–Crippen MR) is 158 cm³/mol. The number of hydrogen-bond acceptors (Lipinski definition) is 6. The van der Waals surface area contributed by atoms with E-state index in [0.29, 0.717) is 55.2 Å². The average Bonchev–Trinajstić information content (AvgIpc) is 3.84. The number of hydrogen-bond donors (Lipinski definition) is 2. The van der Waals surface area contributed by atoms with Gasteiger partial charge in [0.05, 0.1) is 18.3 Å². The Labute approximate surface area is 241 Å². The number of fused-ring (bicyclic) bond motifs is 1. The first-order valence-corrected chi connectivity index (χ1v) is 13.9. The third kappa shape index (κ3) is 5.58. The second-order valence-electron chi connectivity index (χ2n) is 10.8. The first-order valence-electron chi connectivity index (χ1n) is 13.9. The molecule has 2 fully saturated rings. The number of carboxylic acid groups (broad SMARTS) is 1. The molecule has 4 aromatic rings. The summed E-state index contributed by atoms with van der Waals surface area (Å²) in [7, 11) is 1.59. The summed E-state index contributed by atoms with van der Waals surface area (Å²) >= 11 is 0. The van der Waals surface area contributed by atoms with E-state index in [-0.39, 0.29) is 22.9 Å². The van der Waals surface area contributed by atoms with Gasteiger partial charge in [-0.3, -0.25) is 14.5 Å². The van der Waals surface area contributed by atoms with Crippen LogP contribution in [0.2, 0.25) is 0 Å². The Kier molecular flexibility index (Phi) is 7.38. The highest BCUT2D eigenvalue weighted by Gasteiger charge is 2.28. The van der Waals surface area contributed by atoms with E-state index in [4.69, 9.17) is 4.74 Å². The van der Waals surface area contributed by atoms with Gasteiger partial charge in [0.15, 0.2) is 0 Å². The van der Waals surface area contributed by atoms with Crippen molar-refractivity contribution in [2.24, 2.45) is 0 Å². The number of benzene rings is 3. The zero-order chi connectivity index (χ0) is 29.4. The summed E-state index contributed by atoms with van der Waals surface area (Å²) in [5.74, 6) is -1.30. The normalized spacial score (nSPS) is 15.5. The maximum absolute atomic E-state index is 15.3. The summed E-state index contributed by atoms with van der Waals surface area (Å²) < 4.78 is 22.3. The second kappa shape index (κ2) is 11.3. The smallest absolute Gasteiger partial charge is 0.341 e. The number of carbonyl (C=O) groups is 2. The van der Waals surface area contributed by atoms with Gasteiger partial charge in [-0.25, -0.2) is 9.18 Å². The van der Waals surface area contributed by atoms with Crippen LogP contribution in [-0.4, -0.2) is 59.7 Å². The molecule has 6 rings (SSSR count). The van der Waals surface area contributed by atoms with E-state index in [1.165, 1.54) is 12.3 Å². The van der Waals surface area contributed by atoms with Gasteiger partial charge in [-0.05, 0) is 66.9 Å². The lowest BCUT2D eigenvalue weighted by atomic mass is 10.1. The van der Waals surface area contributed by atoms with Gasteiger partial charge >= 0.3 is 5.97 Å². The third-order valence-corrected chi connectivity index (χ3v) is 7.95. The Morgan fingerprint density at radius 3 is 2.31 bits per heavy atom. The zero-order valence-electron chi connectivity index (χ0n) is 23.2. The Morgan fingerprint density at radius 1 is 1.00 bits per heavy atom. The highest BCUT2D eigenvalue weighted by molar-refractivity contribution is 6.04. The van der Waals surface area contributed by atoms with Crippen molar-refractivity contribution in [3.63, 3.8) is 0 Å². The minimum Gasteiger partial charge on any atom is -0.497 e. The Morgan fingerprint density at radius 2 is 1.69 bits per heavy atom. The summed E-state index contributed by atoms with van der Waals surface area (Å²) in [6.45, 7) is 3.33. The largest absolute Gasteiger partial charge is 0.497 e. The molecule has 9 nitrogen and oxygen atoms in total. The van der Waals surface area contributed by atoms with Crippen molar-refractivity contribution < 1.29 is 23.8 Å². The summed E-state index contributed by atoms with van der Waals surface area (Å²) in [6, 6.07) is 17.7. The van der Waals surface area contributed by atoms with E-state index in [1.54, 1.807) is 37.4 Å². The van der Waals surface area contributed by atoms with Crippen LogP contribution >= 0.6 is 0 Å². The molecule has 2 heterocycles. The molecule has 3 aromatic carbocycles. The van der Waals surface area contributed by atoms with Gasteiger partial charge in [0, 0.05) is 61.6 Å². The topological polar surface area (TPSA) is 104 Å². The summed E-state index contributed by atoms with van der Waals surface area (Å²) in [6.07, 6.45) is 3.20. The lowest BCUT2D eigenvalue weighted by Crippen LogP contribution is -2.46. The average molecular weight is 571 g/mol. The molecular weight excluding hydrogens is 539 g/mol. The number of pyridine rings is 1. The molecule has 1 saturated carbocycles. The molecular formula is C32H31FN4O5. The first kappa shape index (κ1) is 27.5. The van der Waals surface area contributed by atoms with Gasteiger partial charge in [-0.2, -0.15) is 0 Å². The van der Waals surface area contributed by atoms with Crippen LogP contribution in [0.3, 0.4) is 0 Å². The molecule has 1 aromatic heterocycles. The molecule has 2 aliphatic rings. The first-order chi connectivity index (χ1) is 20.3. The standard InChI is InChI=1S/C32H31FN4O5/c1-42-24-10-6-22(7-11-24)34-31(39)21-4-2-20(3-5-21)18-35-12-14-36(15-13-35)29-17-28-25(16-27(29)33)30(38)26(32(40)41)19-37(28)23-8-9-23/h2-7,10-11,16-17,19,23H,8-9,12-15,18H2,1H3,(H,34,39)(H,40,41). The number of nitrogens with zero attached hydrogens (tertiary/aromatic N) is 3. The van der Waals surface area contributed by atoms with E-state index in [1.807, 2.05) is 33.7 Å². The molecule has 216 valence electrons. The number of carbonyl (C=O) groups excluding carboxylic acids is 1. The number of methoxy groups -OCH3 is 1. The van der Waals surface area contributed by atoms with Crippen LogP contribution in [0.5, 0.6) is 5.75 Å². The molecule has 2 N–H and O–H groups in total. The summed E-state index contributed by atoms with van der Waals surface area (Å²) in [5.41, 5.74) is 2.32. The minimum atomic E-state index is -1.30. The summed E-state index contributed by atoms with van der Waals surface area (Å²) in [4.78, 5) is 41.3. The Bertz CT molecular complexity index is 1710. The van der Waals surface area contributed by atoms with Crippen molar-refractivity contribution in [2.75, 3.05) is 43.5 Å². The fourth-order valence-corrected chi connectivity index (χ4v) is 5.45. The van der Waals surface area contributed by atoms with Gasteiger partial charge in [0.1, 0.15) is 17.1 Å². The number of amides is 1. The van der Waals surface area contributed by atoms with Crippen LogP contribution in [-0.2, 0) is 6.54 Å². The van der Waals surface area contributed by atoms with Gasteiger partial charge in [0.2, 0.25) is 5.43 Å². The molecule has 1 amide bonds. The number of ether oxygens (including phenoxy) is 1. The quantitative estimate of drug-likeness (QED) is 0.315. The second-order valence-corrected chi connectivity index (χ2v) is 10.8. The van der Waals surface area contributed by atoms with Crippen molar-refractivity contribution in [1.29, 1.82) is 0 Å². The minimum absolute atomic E-state index is 0.0998. The van der Waals surface area contributed by atoms with Crippen molar-refractivity contribution in [3.05, 3.63) is 99.6 Å². The molecule has 1 aliphatic carbocycles. The van der Waals surface area contributed by atoms with E-state index < -0.39 is 17.2 Å². The molecule has 10 heteroatoms. The number of nitrogens with one attached hydrogen (secondary N) is 1. The van der Waals surface area contributed by atoms with Gasteiger partial charge in [-0.1, -0.05) is 12.1 Å². The number of anilines is 2. The Hall–Kier alpha value is -4.70. The number of carboxylic acids is 1. The van der Waals surface area contributed by atoms with E-state index in [9.17, 15) is 19.5 Å². The number of aromatic carboxylic acids is 1. The van der Waals surface area contributed by atoms with Crippen molar-refractivity contribution in [2.45, 2.75) is 25.4 Å². The van der Waals surface area contributed by atoms with Crippen LogP contribution < -0.4 is 20.4 Å². The lowest BCUT2D eigenvalue weighted by Gasteiger charge is -2.36. The van der Waals surface area contributed by atoms with Gasteiger partial charge < -0.3 is 24.6 Å². The maximum Gasteiger partial charge on any atom is 0.341 e. The molecule has 0 bridgehead atoms.